The molecule has 1 aromatic rings. The third-order valence-electron chi connectivity index (χ3n) is 2.82. The Bertz CT molecular complexity index is 564. The van der Waals surface area contributed by atoms with Crippen molar-refractivity contribution in [3.63, 3.8) is 0 Å². The van der Waals surface area contributed by atoms with Gasteiger partial charge in [-0.1, -0.05) is 12.1 Å². The molecule has 5 nitrogen and oxygen atoms in total. The Kier molecular flexibility index (Phi) is 4.39. The van der Waals surface area contributed by atoms with Crippen molar-refractivity contribution in [2.24, 2.45) is 0 Å². The van der Waals surface area contributed by atoms with E-state index in [0.29, 0.717) is 0 Å². The van der Waals surface area contributed by atoms with Crippen molar-refractivity contribution in [1.29, 1.82) is 0 Å². The van der Waals surface area contributed by atoms with E-state index in [1.165, 1.54) is 30.0 Å². The van der Waals surface area contributed by atoms with Gasteiger partial charge in [0.05, 0.1) is 16.7 Å². The van der Waals surface area contributed by atoms with E-state index in [0.717, 1.165) is 4.90 Å². The lowest BCUT2D eigenvalue weighted by molar-refractivity contribution is -0.145. The summed E-state index contributed by atoms with van der Waals surface area (Å²) in [5, 5.41) is 1.99. The summed E-state index contributed by atoms with van der Waals surface area (Å²) in [4.78, 5) is 36.2. The molecular weight excluding hydrogens is 283 g/mol. The Balaban J connectivity index is 2.02. The molecule has 1 fully saturated rings. The summed E-state index contributed by atoms with van der Waals surface area (Å²) in [6.45, 7) is 1.29. The number of benzene rings is 1. The SMILES string of the molecule is CC1SCC(=O)N(CC(=O)Nc2ccccc2F)C1=O. The molecule has 106 valence electrons. The quantitative estimate of drug-likeness (QED) is 0.853. The first-order chi connectivity index (χ1) is 9.49. The summed E-state index contributed by atoms with van der Waals surface area (Å²) in [5.41, 5.74) is 0.0248. The Hall–Kier alpha value is -1.89. The fourth-order valence-electron chi connectivity index (χ4n) is 1.75. The second-order valence-corrected chi connectivity index (χ2v) is 5.63. The van der Waals surface area contributed by atoms with Crippen LogP contribution in [0.1, 0.15) is 6.92 Å². The molecule has 0 bridgehead atoms. The van der Waals surface area contributed by atoms with E-state index in [4.69, 9.17) is 0 Å². The second kappa shape index (κ2) is 6.04. The minimum absolute atomic E-state index is 0.0248. The maximum atomic E-state index is 13.4. The minimum Gasteiger partial charge on any atom is -0.322 e. The van der Waals surface area contributed by atoms with Gasteiger partial charge in [-0.2, -0.15) is 0 Å². The van der Waals surface area contributed by atoms with Crippen LogP contribution in [0.2, 0.25) is 0 Å². The Morgan fingerprint density at radius 2 is 2.15 bits per heavy atom. The van der Waals surface area contributed by atoms with Crippen molar-refractivity contribution in [3.05, 3.63) is 30.1 Å². The second-order valence-electron chi connectivity index (χ2n) is 4.30. The maximum absolute atomic E-state index is 13.4. The molecule has 0 saturated carbocycles. The van der Waals surface area contributed by atoms with Gasteiger partial charge in [0.15, 0.2) is 0 Å². The first-order valence-electron chi connectivity index (χ1n) is 5.99. The molecular formula is C13H13FN2O3S. The van der Waals surface area contributed by atoms with Gasteiger partial charge in [-0.25, -0.2) is 4.39 Å². The predicted molar refractivity (Wildman–Crippen MR) is 73.7 cm³/mol. The van der Waals surface area contributed by atoms with E-state index >= 15 is 0 Å². The van der Waals surface area contributed by atoms with Crippen LogP contribution in [0.5, 0.6) is 0 Å². The Morgan fingerprint density at radius 1 is 1.45 bits per heavy atom. The number of carbonyl (C=O) groups is 3. The summed E-state index contributed by atoms with van der Waals surface area (Å²) >= 11 is 1.24. The molecule has 0 aromatic heterocycles. The number of nitrogens with zero attached hydrogens (tertiary/aromatic N) is 1. The number of hydrogen-bond donors (Lipinski definition) is 1. The lowest BCUT2D eigenvalue weighted by atomic mass is 10.3. The standard InChI is InChI=1S/C13H13FN2O3S/c1-8-13(19)16(12(18)7-20-8)6-11(17)15-10-5-3-2-4-9(10)14/h2-5,8H,6-7H2,1H3,(H,15,17). The zero-order chi connectivity index (χ0) is 14.7. The Morgan fingerprint density at radius 3 is 2.85 bits per heavy atom. The van der Waals surface area contributed by atoms with Crippen LogP contribution in [-0.4, -0.2) is 40.2 Å². The largest absolute Gasteiger partial charge is 0.322 e. The molecule has 1 aliphatic rings. The normalized spacial score (nSPS) is 19.1. The van der Waals surface area contributed by atoms with Crippen LogP contribution >= 0.6 is 11.8 Å². The molecule has 1 saturated heterocycles. The van der Waals surface area contributed by atoms with Crippen molar-refractivity contribution in [1.82, 2.24) is 4.90 Å². The average molecular weight is 296 g/mol. The molecule has 2 rings (SSSR count). The molecule has 1 atom stereocenters. The number of para-hydroxylation sites is 1. The predicted octanol–water partition coefficient (Wildman–Crippen LogP) is 1.25. The fourth-order valence-corrected chi connectivity index (χ4v) is 2.57. The van der Waals surface area contributed by atoms with Gasteiger partial charge in [0, 0.05) is 0 Å². The van der Waals surface area contributed by atoms with Gasteiger partial charge in [-0.3, -0.25) is 19.3 Å². The van der Waals surface area contributed by atoms with Crippen molar-refractivity contribution in [2.75, 3.05) is 17.6 Å². The van der Waals surface area contributed by atoms with E-state index in [9.17, 15) is 18.8 Å². The van der Waals surface area contributed by atoms with Crippen molar-refractivity contribution in [3.8, 4) is 0 Å². The van der Waals surface area contributed by atoms with Gasteiger partial charge in [0.2, 0.25) is 17.7 Å². The third-order valence-corrected chi connectivity index (χ3v) is 3.94. The smallest absolute Gasteiger partial charge is 0.244 e. The molecule has 1 aromatic carbocycles. The van der Waals surface area contributed by atoms with E-state index in [1.807, 2.05) is 0 Å². The fraction of sp³-hybridized carbons (Fsp3) is 0.308. The van der Waals surface area contributed by atoms with Crippen LogP contribution in [0.4, 0.5) is 10.1 Å². The first-order valence-corrected chi connectivity index (χ1v) is 7.04. The van der Waals surface area contributed by atoms with Crippen LogP contribution < -0.4 is 5.32 Å². The van der Waals surface area contributed by atoms with Crippen LogP contribution in [0.25, 0.3) is 0 Å². The molecule has 0 aliphatic carbocycles. The van der Waals surface area contributed by atoms with Crippen LogP contribution in [0.3, 0.4) is 0 Å². The van der Waals surface area contributed by atoms with E-state index in [1.54, 1.807) is 13.0 Å². The number of hydrogen-bond acceptors (Lipinski definition) is 4. The molecule has 20 heavy (non-hydrogen) atoms. The van der Waals surface area contributed by atoms with Crippen LogP contribution in [-0.2, 0) is 14.4 Å². The van der Waals surface area contributed by atoms with Gasteiger partial charge in [0.1, 0.15) is 12.4 Å². The first kappa shape index (κ1) is 14.5. The number of amides is 3. The number of imide groups is 1. The number of halogens is 1. The Labute approximate surface area is 119 Å². The molecule has 1 N–H and O–H groups in total. The number of carbonyl (C=O) groups excluding carboxylic acids is 3. The van der Waals surface area contributed by atoms with Gasteiger partial charge in [-0.05, 0) is 19.1 Å². The van der Waals surface area contributed by atoms with Gasteiger partial charge >= 0.3 is 0 Å². The van der Waals surface area contributed by atoms with Gasteiger partial charge in [0.25, 0.3) is 0 Å². The zero-order valence-corrected chi connectivity index (χ0v) is 11.6. The molecule has 7 heteroatoms. The lowest BCUT2D eigenvalue weighted by Gasteiger charge is -2.27. The van der Waals surface area contributed by atoms with E-state index in [-0.39, 0.29) is 16.7 Å². The highest BCUT2D eigenvalue weighted by molar-refractivity contribution is 8.01. The van der Waals surface area contributed by atoms with E-state index in [2.05, 4.69) is 5.32 Å². The summed E-state index contributed by atoms with van der Waals surface area (Å²) in [7, 11) is 0. The van der Waals surface area contributed by atoms with Crippen molar-refractivity contribution < 1.29 is 18.8 Å². The highest BCUT2D eigenvalue weighted by Crippen LogP contribution is 2.20. The summed E-state index contributed by atoms with van der Waals surface area (Å²) in [6, 6.07) is 5.70. The minimum atomic E-state index is -0.601. The molecule has 0 spiro atoms. The van der Waals surface area contributed by atoms with Crippen molar-refractivity contribution in [2.45, 2.75) is 12.2 Å². The number of anilines is 1. The highest BCUT2D eigenvalue weighted by Gasteiger charge is 2.33. The topological polar surface area (TPSA) is 66.5 Å². The summed E-state index contributed by atoms with van der Waals surface area (Å²) in [5.74, 6) is -1.80. The molecule has 1 aliphatic heterocycles. The monoisotopic (exact) mass is 296 g/mol. The highest BCUT2D eigenvalue weighted by atomic mass is 32.2. The van der Waals surface area contributed by atoms with Crippen molar-refractivity contribution >= 4 is 35.2 Å². The van der Waals surface area contributed by atoms with E-state index < -0.39 is 30.1 Å². The van der Waals surface area contributed by atoms with Crippen LogP contribution in [0, 0.1) is 5.82 Å². The van der Waals surface area contributed by atoms with Gasteiger partial charge < -0.3 is 5.32 Å². The number of nitrogens with one attached hydrogen (secondary N) is 1. The van der Waals surface area contributed by atoms with Crippen LogP contribution in [0.15, 0.2) is 24.3 Å². The maximum Gasteiger partial charge on any atom is 0.244 e. The third kappa shape index (κ3) is 3.16. The average Bonchev–Trinajstić information content (AvgIpc) is 2.42. The molecule has 1 heterocycles. The molecule has 0 radical (unpaired) electrons. The zero-order valence-electron chi connectivity index (χ0n) is 10.8. The summed E-state index contributed by atoms with van der Waals surface area (Å²) in [6.07, 6.45) is 0. The number of rotatable bonds is 3. The summed E-state index contributed by atoms with van der Waals surface area (Å²) < 4.78 is 13.4. The number of thioether (sulfide) groups is 1. The molecule has 1 unspecified atom stereocenters. The van der Waals surface area contributed by atoms with Gasteiger partial charge in [-0.15, -0.1) is 11.8 Å². The molecule has 3 amide bonds. The lowest BCUT2D eigenvalue weighted by Crippen LogP contribution is -2.49.